The molecule has 1 saturated heterocycles. The lowest BCUT2D eigenvalue weighted by Gasteiger charge is -2.30. The van der Waals surface area contributed by atoms with Crippen LogP contribution in [0.15, 0.2) is 17.0 Å². The van der Waals surface area contributed by atoms with Gasteiger partial charge >= 0.3 is 5.97 Å². The van der Waals surface area contributed by atoms with Crippen LogP contribution in [0.1, 0.15) is 41.3 Å². The molecule has 1 aliphatic rings. The van der Waals surface area contributed by atoms with Crippen molar-refractivity contribution in [3.05, 3.63) is 28.8 Å². The Morgan fingerprint density at radius 1 is 1.33 bits per heavy atom. The third-order valence-corrected chi connectivity index (χ3v) is 6.10. The highest BCUT2D eigenvalue weighted by Crippen LogP contribution is 2.28. The molecule has 0 amide bonds. The lowest BCUT2D eigenvalue weighted by atomic mass is 10.0. The standard InChI is InChI=1S/C15H21NO4S/c1-10-5-4-6-16(9-10)21(19,20)14-8-13(15(17)18)7-11(2)12(14)3/h7-8,10H,4-6,9H2,1-3H3,(H,17,18). The van der Waals surface area contributed by atoms with Gasteiger partial charge in [-0.25, -0.2) is 13.2 Å². The van der Waals surface area contributed by atoms with Gasteiger partial charge in [0.25, 0.3) is 0 Å². The van der Waals surface area contributed by atoms with Crippen molar-refractivity contribution in [1.82, 2.24) is 4.31 Å². The number of benzene rings is 1. The summed E-state index contributed by atoms with van der Waals surface area (Å²) in [6.07, 6.45) is 1.87. The van der Waals surface area contributed by atoms with Crippen molar-refractivity contribution < 1.29 is 18.3 Å². The number of piperidine rings is 1. The van der Waals surface area contributed by atoms with Gasteiger partial charge in [0.15, 0.2) is 0 Å². The number of aromatic carboxylic acids is 1. The van der Waals surface area contributed by atoms with Gasteiger partial charge in [0, 0.05) is 13.1 Å². The molecular formula is C15H21NO4S. The molecule has 5 nitrogen and oxygen atoms in total. The molecule has 0 aliphatic carbocycles. The second-order valence-corrected chi connectivity index (χ2v) is 7.74. The van der Waals surface area contributed by atoms with Crippen LogP contribution in [-0.4, -0.2) is 36.9 Å². The predicted octanol–water partition coefficient (Wildman–Crippen LogP) is 2.42. The highest BCUT2D eigenvalue weighted by Gasteiger charge is 2.30. The van der Waals surface area contributed by atoms with E-state index in [2.05, 4.69) is 0 Å². The number of hydrogen-bond donors (Lipinski definition) is 1. The number of aryl methyl sites for hydroxylation is 1. The molecule has 21 heavy (non-hydrogen) atoms. The van der Waals surface area contributed by atoms with Crippen LogP contribution >= 0.6 is 0 Å². The van der Waals surface area contributed by atoms with E-state index in [-0.39, 0.29) is 10.5 Å². The van der Waals surface area contributed by atoms with Crippen LogP contribution in [0.2, 0.25) is 0 Å². The molecule has 1 aliphatic heterocycles. The first kappa shape index (κ1) is 16.0. The summed E-state index contributed by atoms with van der Waals surface area (Å²) >= 11 is 0. The van der Waals surface area contributed by atoms with Gasteiger partial charge in [-0.15, -0.1) is 0 Å². The van der Waals surface area contributed by atoms with Gasteiger partial charge in [-0.2, -0.15) is 4.31 Å². The average Bonchev–Trinajstić information content (AvgIpc) is 2.41. The van der Waals surface area contributed by atoms with Gasteiger partial charge in [-0.05, 0) is 55.9 Å². The van der Waals surface area contributed by atoms with Crippen molar-refractivity contribution in [2.24, 2.45) is 5.92 Å². The molecule has 2 rings (SSSR count). The molecule has 0 radical (unpaired) electrons. The van der Waals surface area contributed by atoms with Crippen molar-refractivity contribution in [2.45, 2.75) is 38.5 Å². The van der Waals surface area contributed by atoms with Gasteiger partial charge in [-0.3, -0.25) is 0 Å². The zero-order chi connectivity index (χ0) is 15.8. The zero-order valence-corrected chi connectivity index (χ0v) is 13.4. The summed E-state index contributed by atoms with van der Waals surface area (Å²) in [7, 11) is -3.63. The average molecular weight is 311 g/mol. The quantitative estimate of drug-likeness (QED) is 0.930. The summed E-state index contributed by atoms with van der Waals surface area (Å²) in [6, 6.07) is 2.79. The van der Waals surface area contributed by atoms with E-state index in [0.717, 1.165) is 12.8 Å². The molecule has 6 heteroatoms. The molecule has 0 spiro atoms. The lowest BCUT2D eigenvalue weighted by molar-refractivity contribution is 0.0696. The fourth-order valence-electron chi connectivity index (χ4n) is 2.72. The summed E-state index contributed by atoms with van der Waals surface area (Å²) in [5.74, 6) is -0.779. The Labute approximate surface area is 125 Å². The van der Waals surface area contributed by atoms with Gasteiger partial charge in [0.1, 0.15) is 0 Å². The number of carboxylic acid groups (broad SMARTS) is 1. The first-order valence-electron chi connectivity index (χ1n) is 7.08. The second kappa shape index (κ2) is 5.77. The fourth-order valence-corrected chi connectivity index (χ4v) is 4.64. The Hall–Kier alpha value is -1.40. The van der Waals surface area contributed by atoms with E-state index in [1.165, 1.54) is 16.4 Å². The Morgan fingerprint density at radius 3 is 2.57 bits per heavy atom. The SMILES string of the molecule is Cc1cc(C(=O)O)cc(S(=O)(=O)N2CCCC(C)C2)c1C. The molecular weight excluding hydrogens is 290 g/mol. The largest absolute Gasteiger partial charge is 0.478 e. The van der Waals surface area contributed by atoms with E-state index in [1.54, 1.807) is 13.8 Å². The van der Waals surface area contributed by atoms with Gasteiger partial charge < -0.3 is 5.11 Å². The van der Waals surface area contributed by atoms with Crippen LogP contribution in [0.25, 0.3) is 0 Å². The third kappa shape index (κ3) is 3.11. The van der Waals surface area contributed by atoms with Crippen LogP contribution in [0.5, 0.6) is 0 Å². The van der Waals surface area contributed by atoms with Crippen molar-refractivity contribution in [3.8, 4) is 0 Å². The third-order valence-electron chi connectivity index (χ3n) is 4.10. The summed E-state index contributed by atoms with van der Waals surface area (Å²) in [5.41, 5.74) is 1.32. The first-order valence-corrected chi connectivity index (χ1v) is 8.52. The van der Waals surface area contributed by atoms with Gasteiger partial charge in [0.2, 0.25) is 10.0 Å². The van der Waals surface area contributed by atoms with Crippen LogP contribution in [0.3, 0.4) is 0 Å². The number of nitrogens with zero attached hydrogens (tertiary/aromatic N) is 1. The summed E-state index contributed by atoms with van der Waals surface area (Å²) < 4.78 is 27.1. The Balaban J connectivity index is 2.51. The molecule has 1 N–H and O–H groups in total. The van der Waals surface area contributed by atoms with E-state index in [9.17, 15) is 13.2 Å². The second-order valence-electron chi connectivity index (χ2n) is 5.83. The summed E-state index contributed by atoms with van der Waals surface area (Å²) in [6.45, 7) is 6.49. The molecule has 0 aromatic heterocycles. The van der Waals surface area contributed by atoms with Crippen LogP contribution in [-0.2, 0) is 10.0 Å². The van der Waals surface area contributed by atoms with Crippen molar-refractivity contribution in [1.29, 1.82) is 0 Å². The maximum absolute atomic E-state index is 12.8. The maximum Gasteiger partial charge on any atom is 0.335 e. The van der Waals surface area contributed by atoms with E-state index >= 15 is 0 Å². The minimum Gasteiger partial charge on any atom is -0.478 e. The topological polar surface area (TPSA) is 74.7 Å². The first-order chi connectivity index (χ1) is 9.73. The number of carbonyl (C=O) groups is 1. The molecule has 1 aromatic rings. The van der Waals surface area contributed by atoms with Crippen LogP contribution in [0.4, 0.5) is 0 Å². The molecule has 116 valence electrons. The lowest BCUT2D eigenvalue weighted by Crippen LogP contribution is -2.39. The number of sulfonamides is 1. The van der Waals surface area contributed by atoms with Crippen molar-refractivity contribution >= 4 is 16.0 Å². The van der Waals surface area contributed by atoms with Gasteiger partial charge in [-0.1, -0.05) is 6.92 Å². The monoisotopic (exact) mass is 311 g/mol. The number of carboxylic acids is 1. The Bertz CT molecular complexity index is 666. The minimum atomic E-state index is -3.63. The molecule has 0 saturated carbocycles. The highest BCUT2D eigenvalue weighted by molar-refractivity contribution is 7.89. The predicted molar refractivity (Wildman–Crippen MR) is 80.0 cm³/mol. The number of hydrogen-bond acceptors (Lipinski definition) is 3. The summed E-state index contributed by atoms with van der Waals surface area (Å²) in [5, 5.41) is 9.13. The maximum atomic E-state index is 12.8. The van der Waals surface area contributed by atoms with Gasteiger partial charge in [0.05, 0.1) is 10.5 Å². The minimum absolute atomic E-state index is 0.0155. The molecule has 1 aromatic carbocycles. The Kier molecular flexibility index (Phi) is 4.39. The smallest absolute Gasteiger partial charge is 0.335 e. The van der Waals surface area contributed by atoms with Crippen molar-refractivity contribution in [3.63, 3.8) is 0 Å². The molecule has 1 heterocycles. The zero-order valence-electron chi connectivity index (χ0n) is 12.6. The fraction of sp³-hybridized carbons (Fsp3) is 0.533. The summed E-state index contributed by atoms with van der Waals surface area (Å²) in [4.78, 5) is 11.3. The van der Waals surface area contributed by atoms with Crippen LogP contribution in [0, 0.1) is 19.8 Å². The van der Waals surface area contributed by atoms with Crippen LogP contribution < -0.4 is 0 Å². The molecule has 1 fully saturated rings. The molecule has 1 unspecified atom stereocenters. The Morgan fingerprint density at radius 2 is 2.00 bits per heavy atom. The number of rotatable bonds is 3. The normalized spacial score (nSPS) is 20.4. The van der Waals surface area contributed by atoms with E-state index in [0.29, 0.717) is 30.1 Å². The van der Waals surface area contributed by atoms with E-state index < -0.39 is 16.0 Å². The molecule has 1 atom stereocenters. The van der Waals surface area contributed by atoms with E-state index in [1.807, 2.05) is 6.92 Å². The van der Waals surface area contributed by atoms with Crippen molar-refractivity contribution in [2.75, 3.05) is 13.1 Å². The molecule has 0 bridgehead atoms. The highest BCUT2D eigenvalue weighted by atomic mass is 32.2. The van der Waals surface area contributed by atoms with E-state index in [4.69, 9.17) is 5.11 Å².